The predicted molar refractivity (Wildman–Crippen MR) is 83.6 cm³/mol. The molecule has 0 saturated carbocycles. The Morgan fingerprint density at radius 1 is 1.25 bits per heavy atom. The van der Waals surface area contributed by atoms with Crippen LogP contribution in [0.3, 0.4) is 0 Å². The zero-order chi connectivity index (χ0) is 15.3. The lowest BCUT2D eigenvalue weighted by Gasteiger charge is -2.15. The number of rotatable bonds is 7. The van der Waals surface area contributed by atoms with Crippen LogP contribution in [0.5, 0.6) is 0 Å². The van der Waals surface area contributed by atoms with Gasteiger partial charge >= 0.3 is 0 Å². The maximum Gasteiger partial charge on any atom is 0.235 e. The summed E-state index contributed by atoms with van der Waals surface area (Å²) >= 11 is 1.64. The van der Waals surface area contributed by atoms with Gasteiger partial charge in [-0.15, -0.1) is 11.3 Å². The number of nitrogens with one attached hydrogen (secondary N) is 1. The lowest BCUT2D eigenvalue weighted by molar-refractivity contribution is -0.118. The molecule has 0 aliphatic rings. The molecule has 114 valence electrons. The van der Waals surface area contributed by atoms with Crippen LogP contribution < -0.4 is 5.32 Å². The highest BCUT2D eigenvalue weighted by Crippen LogP contribution is 2.16. The minimum absolute atomic E-state index is 0.0113. The first-order chi connectivity index (χ1) is 9.26. The van der Waals surface area contributed by atoms with Gasteiger partial charge in [-0.1, -0.05) is 20.8 Å². The van der Waals surface area contributed by atoms with Crippen molar-refractivity contribution in [1.29, 1.82) is 0 Å². The van der Waals surface area contributed by atoms with Crippen molar-refractivity contribution in [2.24, 2.45) is 5.92 Å². The van der Waals surface area contributed by atoms with E-state index >= 15 is 0 Å². The van der Waals surface area contributed by atoms with E-state index in [0.29, 0.717) is 6.54 Å². The summed E-state index contributed by atoms with van der Waals surface area (Å²) in [5, 5.41) is 2.18. The van der Waals surface area contributed by atoms with Crippen LogP contribution in [-0.2, 0) is 27.6 Å². The molecule has 1 N–H and O–H groups in total. The maximum atomic E-state index is 12.0. The van der Waals surface area contributed by atoms with Gasteiger partial charge < -0.3 is 5.32 Å². The third kappa shape index (κ3) is 4.90. The molecule has 0 aliphatic heterocycles. The molecule has 0 aliphatic carbocycles. The average molecular weight is 317 g/mol. The van der Waals surface area contributed by atoms with E-state index in [1.54, 1.807) is 18.3 Å². The second-order valence-electron chi connectivity index (χ2n) is 5.25. The number of amides is 1. The fourth-order valence-corrected chi connectivity index (χ4v) is 4.13. The van der Waals surface area contributed by atoms with E-state index in [2.05, 4.69) is 12.2 Å². The Morgan fingerprint density at radius 2 is 1.85 bits per heavy atom. The number of hydrogen-bond donors (Lipinski definition) is 1. The standard InChI is InChI=1S/C14H23NO3S2/c1-5-12-6-7-13(19-12)8-15-14(16)9-20(17,18)11(4)10(2)3/h6-7,10-11H,5,8-9H2,1-4H3,(H,15,16)/t11-/m0/s1. The number of carbonyl (C=O) groups excluding carboxylic acids is 1. The average Bonchev–Trinajstić information content (AvgIpc) is 2.82. The third-order valence-electron chi connectivity index (χ3n) is 3.36. The van der Waals surface area contributed by atoms with E-state index in [1.165, 1.54) is 4.88 Å². The van der Waals surface area contributed by atoms with Crippen molar-refractivity contribution in [2.45, 2.75) is 45.9 Å². The van der Waals surface area contributed by atoms with Crippen molar-refractivity contribution in [3.63, 3.8) is 0 Å². The van der Waals surface area contributed by atoms with Crippen LogP contribution >= 0.6 is 11.3 Å². The van der Waals surface area contributed by atoms with Gasteiger partial charge in [0, 0.05) is 9.75 Å². The summed E-state index contributed by atoms with van der Waals surface area (Å²) in [5.74, 6) is -0.848. The Balaban J connectivity index is 2.51. The lowest BCUT2D eigenvalue weighted by atomic mass is 10.2. The van der Waals surface area contributed by atoms with Crippen molar-refractivity contribution in [2.75, 3.05) is 5.75 Å². The Labute approximate surface area is 125 Å². The Bertz CT molecular complexity index is 547. The van der Waals surface area contributed by atoms with Crippen LogP contribution in [0, 0.1) is 5.92 Å². The fraction of sp³-hybridized carbons (Fsp3) is 0.643. The molecule has 0 spiro atoms. The van der Waals surface area contributed by atoms with Crippen LogP contribution in [0.25, 0.3) is 0 Å². The minimum Gasteiger partial charge on any atom is -0.350 e. The van der Waals surface area contributed by atoms with Crippen LogP contribution in [-0.4, -0.2) is 25.3 Å². The first-order valence-electron chi connectivity index (χ1n) is 6.82. The number of aryl methyl sites for hydroxylation is 1. The topological polar surface area (TPSA) is 63.2 Å². The van der Waals surface area contributed by atoms with E-state index in [9.17, 15) is 13.2 Å². The normalized spacial score (nSPS) is 13.4. The predicted octanol–water partition coefficient (Wildman–Crippen LogP) is 2.39. The quantitative estimate of drug-likeness (QED) is 0.840. The van der Waals surface area contributed by atoms with Crippen LogP contribution in [0.1, 0.15) is 37.4 Å². The molecule has 0 aromatic carbocycles. The van der Waals surface area contributed by atoms with Gasteiger partial charge in [0.1, 0.15) is 5.75 Å². The summed E-state index contributed by atoms with van der Waals surface area (Å²) in [6.45, 7) is 7.82. The smallest absolute Gasteiger partial charge is 0.235 e. The van der Waals surface area contributed by atoms with E-state index in [-0.39, 0.29) is 5.92 Å². The highest BCUT2D eigenvalue weighted by molar-refractivity contribution is 7.92. The van der Waals surface area contributed by atoms with E-state index in [0.717, 1.165) is 11.3 Å². The highest BCUT2D eigenvalue weighted by Gasteiger charge is 2.26. The summed E-state index contributed by atoms with van der Waals surface area (Å²) < 4.78 is 24.0. The molecule has 0 saturated heterocycles. The van der Waals surface area contributed by atoms with Gasteiger partial charge in [0.2, 0.25) is 5.91 Å². The van der Waals surface area contributed by atoms with Crippen LogP contribution in [0.15, 0.2) is 12.1 Å². The second-order valence-corrected chi connectivity index (χ2v) is 8.87. The van der Waals surface area contributed by atoms with E-state index < -0.39 is 26.7 Å². The minimum atomic E-state index is -3.37. The summed E-state index contributed by atoms with van der Waals surface area (Å²) in [6.07, 6.45) is 0.971. The molecule has 0 bridgehead atoms. The summed E-state index contributed by atoms with van der Waals surface area (Å²) in [6, 6.07) is 4.00. The zero-order valence-corrected chi connectivity index (χ0v) is 14.1. The highest BCUT2D eigenvalue weighted by atomic mass is 32.2. The fourth-order valence-electron chi connectivity index (χ4n) is 1.67. The Hall–Kier alpha value is -0.880. The molecule has 1 rings (SSSR count). The maximum absolute atomic E-state index is 12.0. The molecule has 0 radical (unpaired) electrons. The van der Waals surface area contributed by atoms with Gasteiger partial charge in [0.05, 0.1) is 11.8 Å². The molecule has 0 unspecified atom stereocenters. The number of thiophene rings is 1. The molecular weight excluding hydrogens is 294 g/mol. The Kier molecular flexibility index (Phi) is 6.20. The van der Waals surface area contributed by atoms with Gasteiger partial charge in [-0.2, -0.15) is 0 Å². The third-order valence-corrected chi connectivity index (χ3v) is 6.93. The van der Waals surface area contributed by atoms with Crippen molar-refractivity contribution in [1.82, 2.24) is 5.32 Å². The molecule has 20 heavy (non-hydrogen) atoms. The number of carbonyl (C=O) groups is 1. The van der Waals surface area contributed by atoms with Crippen LogP contribution in [0.2, 0.25) is 0 Å². The van der Waals surface area contributed by atoms with Gasteiger partial charge in [-0.05, 0) is 31.4 Å². The van der Waals surface area contributed by atoms with Crippen molar-refractivity contribution < 1.29 is 13.2 Å². The molecular formula is C14H23NO3S2. The molecule has 1 atom stereocenters. The van der Waals surface area contributed by atoms with Crippen molar-refractivity contribution >= 4 is 27.1 Å². The molecule has 1 amide bonds. The van der Waals surface area contributed by atoms with Gasteiger partial charge in [0.25, 0.3) is 0 Å². The SMILES string of the molecule is CCc1ccc(CNC(=O)CS(=O)(=O)[C@@H](C)C(C)C)s1. The van der Waals surface area contributed by atoms with Gasteiger partial charge in [-0.3, -0.25) is 4.79 Å². The first-order valence-corrected chi connectivity index (χ1v) is 9.35. The lowest BCUT2D eigenvalue weighted by Crippen LogP contribution is -2.35. The summed E-state index contributed by atoms with van der Waals surface area (Å²) in [5.41, 5.74) is 0. The van der Waals surface area contributed by atoms with Crippen molar-refractivity contribution in [3.8, 4) is 0 Å². The second kappa shape index (κ2) is 7.22. The zero-order valence-electron chi connectivity index (χ0n) is 12.5. The first kappa shape index (κ1) is 17.2. The summed E-state index contributed by atoms with van der Waals surface area (Å²) in [4.78, 5) is 14.1. The molecule has 1 aromatic rings. The molecule has 4 nitrogen and oxygen atoms in total. The largest absolute Gasteiger partial charge is 0.350 e. The molecule has 0 fully saturated rings. The van der Waals surface area contributed by atoms with Gasteiger partial charge in [0.15, 0.2) is 9.84 Å². The summed E-state index contributed by atoms with van der Waals surface area (Å²) in [7, 11) is -3.37. The number of sulfone groups is 1. The van der Waals surface area contributed by atoms with E-state index in [4.69, 9.17) is 0 Å². The number of hydrogen-bond acceptors (Lipinski definition) is 4. The molecule has 1 aromatic heterocycles. The van der Waals surface area contributed by atoms with Crippen LogP contribution in [0.4, 0.5) is 0 Å². The Morgan fingerprint density at radius 3 is 2.35 bits per heavy atom. The molecule has 6 heteroatoms. The van der Waals surface area contributed by atoms with Crippen molar-refractivity contribution in [3.05, 3.63) is 21.9 Å². The van der Waals surface area contributed by atoms with E-state index in [1.807, 2.05) is 26.0 Å². The van der Waals surface area contributed by atoms with Gasteiger partial charge in [-0.25, -0.2) is 8.42 Å². The molecule has 1 heterocycles. The monoisotopic (exact) mass is 317 g/mol.